The molecule has 32 heavy (non-hydrogen) atoms. The van der Waals surface area contributed by atoms with Crippen LogP contribution in [-0.4, -0.2) is 60.4 Å². The Balaban J connectivity index is 1.65. The van der Waals surface area contributed by atoms with E-state index in [-0.39, 0.29) is 36.6 Å². The Morgan fingerprint density at radius 1 is 1.06 bits per heavy atom. The minimum absolute atomic E-state index is 0.0235. The molecule has 1 unspecified atom stereocenters. The van der Waals surface area contributed by atoms with E-state index in [1.807, 2.05) is 13.8 Å². The van der Waals surface area contributed by atoms with Gasteiger partial charge in [0.1, 0.15) is 11.9 Å². The number of hydrogen-bond donors (Lipinski definition) is 0. The maximum absolute atomic E-state index is 14.2. The van der Waals surface area contributed by atoms with Crippen molar-refractivity contribution in [1.29, 1.82) is 0 Å². The van der Waals surface area contributed by atoms with Gasteiger partial charge in [0.2, 0.25) is 0 Å². The van der Waals surface area contributed by atoms with Crippen molar-refractivity contribution in [1.82, 2.24) is 9.80 Å². The number of urea groups is 1. The summed E-state index contributed by atoms with van der Waals surface area (Å²) < 4.78 is 32.4. The molecule has 0 spiro atoms. The standard InChI is InChI=1S/C23H23F2N3O4/c1-23(2)12-26(20(29)14-4-9-19(32-3)17(25)10-14)11-18-21(30)28(22(31)27(18)13-23)16-7-5-15(24)6-8-16/h4-10,18H,11-13H2,1-3H3. The van der Waals surface area contributed by atoms with Crippen molar-refractivity contribution in [3.63, 3.8) is 0 Å². The first-order chi connectivity index (χ1) is 15.1. The quantitative estimate of drug-likeness (QED) is 0.683. The summed E-state index contributed by atoms with van der Waals surface area (Å²) in [5.74, 6) is -2.05. The van der Waals surface area contributed by atoms with E-state index in [4.69, 9.17) is 4.74 Å². The van der Waals surface area contributed by atoms with Crippen molar-refractivity contribution in [2.75, 3.05) is 31.6 Å². The molecular weight excluding hydrogens is 420 g/mol. The minimum Gasteiger partial charge on any atom is -0.494 e. The van der Waals surface area contributed by atoms with Crippen LogP contribution in [0.25, 0.3) is 0 Å². The highest BCUT2D eigenvalue weighted by atomic mass is 19.1. The summed E-state index contributed by atoms with van der Waals surface area (Å²) in [6, 6.07) is 7.63. The van der Waals surface area contributed by atoms with Crippen LogP contribution in [0.15, 0.2) is 42.5 Å². The number of carbonyl (C=O) groups is 3. The predicted molar refractivity (Wildman–Crippen MR) is 112 cm³/mol. The number of methoxy groups -OCH3 is 1. The number of imide groups is 1. The van der Waals surface area contributed by atoms with E-state index in [0.29, 0.717) is 0 Å². The van der Waals surface area contributed by atoms with Gasteiger partial charge in [0, 0.05) is 24.1 Å². The van der Waals surface area contributed by atoms with Gasteiger partial charge in [-0.25, -0.2) is 18.5 Å². The lowest BCUT2D eigenvalue weighted by molar-refractivity contribution is -0.119. The maximum Gasteiger partial charge on any atom is 0.332 e. The van der Waals surface area contributed by atoms with E-state index < -0.39 is 40.9 Å². The third-order valence-corrected chi connectivity index (χ3v) is 5.70. The van der Waals surface area contributed by atoms with Gasteiger partial charge in [-0.3, -0.25) is 9.59 Å². The number of halogens is 2. The zero-order valence-electron chi connectivity index (χ0n) is 18.0. The summed E-state index contributed by atoms with van der Waals surface area (Å²) in [5, 5.41) is 0. The number of anilines is 1. The molecular formula is C23H23F2N3O4. The lowest BCUT2D eigenvalue weighted by Gasteiger charge is -2.30. The number of nitrogens with zero attached hydrogens (tertiary/aromatic N) is 3. The monoisotopic (exact) mass is 443 g/mol. The molecule has 2 heterocycles. The number of rotatable bonds is 3. The molecule has 168 valence electrons. The average molecular weight is 443 g/mol. The molecule has 2 aliphatic rings. The fraction of sp³-hybridized carbons (Fsp3) is 0.348. The van der Waals surface area contributed by atoms with Crippen molar-refractivity contribution in [3.8, 4) is 5.75 Å². The van der Waals surface area contributed by atoms with E-state index in [1.165, 1.54) is 53.3 Å². The van der Waals surface area contributed by atoms with Crippen LogP contribution in [0.3, 0.4) is 0 Å². The first kappa shape index (κ1) is 21.7. The second-order valence-corrected chi connectivity index (χ2v) is 8.78. The summed E-state index contributed by atoms with van der Waals surface area (Å²) in [6.45, 7) is 4.29. The molecule has 9 heteroatoms. The number of amides is 4. The van der Waals surface area contributed by atoms with Crippen LogP contribution in [0.4, 0.5) is 19.3 Å². The topological polar surface area (TPSA) is 70.2 Å². The Labute approximate surface area is 184 Å². The largest absolute Gasteiger partial charge is 0.494 e. The summed E-state index contributed by atoms with van der Waals surface area (Å²) in [6.07, 6.45) is 0. The molecule has 1 atom stereocenters. The zero-order valence-corrected chi connectivity index (χ0v) is 18.0. The van der Waals surface area contributed by atoms with Crippen molar-refractivity contribution in [3.05, 3.63) is 59.7 Å². The third kappa shape index (κ3) is 3.79. The summed E-state index contributed by atoms with van der Waals surface area (Å²) >= 11 is 0. The summed E-state index contributed by atoms with van der Waals surface area (Å²) in [5.41, 5.74) is -0.133. The highest BCUT2D eigenvalue weighted by molar-refractivity contribution is 6.21. The van der Waals surface area contributed by atoms with E-state index in [1.54, 1.807) is 0 Å². The van der Waals surface area contributed by atoms with Crippen molar-refractivity contribution in [2.24, 2.45) is 5.41 Å². The van der Waals surface area contributed by atoms with Crippen LogP contribution in [0.5, 0.6) is 5.75 Å². The maximum atomic E-state index is 14.2. The Morgan fingerprint density at radius 3 is 2.38 bits per heavy atom. The SMILES string of the molecule is COc1ccc(C(=O)N2CC3C(=O)N(c4ccc(F)cc4)C(=O)N3CC(C)(C)C2)cc1F. The number of fused-ring (bicyclic) bond motifs is 1. The smallest absolute Gasteiger partial charge is 0.332 e. The molecule has 2 aromatic rings. The number of carbonyl (C=O) groups excluding carboxylic acids is 3. The van der Waals surface area contributed by atoms with Crippen molar-refractivity contribution < 1.29 is 27.9 Å². The van der Waals surface area contributed by atoms with Gasteiger partial charge >= 0.3 is 6.03 Å². The highest BCUT2D eigenvalue weighted by Gasteiger charge is 2.50. The van der Waals surface area contributed by atoms with Gasteiger partial charge in [0.15, 0.2) is 11.6 Å². The number of benzene rings is 2. The molecule has 0 bridgehead atoms. The molecule has 7 nitrogen and oxygen atoms in total. The van der Waals surface area contributed by atoms with Crippen molar-refractivity contribution >= 4 is 23.5 Å². The highest BCUT2D eigenvalue weighted by Crippen LogP contribution is 2.33. The predicted octanol–water partition coefficient (Wildman–Crippen LogP) is 3.29. The Morgan fingerprint density at radius 2 is 1.75 bits per heavy atom. The van der Waals surface area contributed by atoms with Gasteiger partial charge in [0.05, 0.1) is 19.3 Å². The van der Waals surface area contributed by atoms with Gasteiger partial charge < -0.3 is 14.5 Å². The fourth-order valence-electron chi connectivity index (χ4n) is 4.26. The van der Waals surface area contributed by atoms with Crippen LogP contribution in [0.1, 0.15) is 24.2 Å². The van der Waals surface area contributed by atoms with Crippen LogP contribution in [-0.2, 0) is 4.79 Å². The van der Waals surface area contributed by atoms with Gasteiger partial charge in [-0.1, -0.05) is 13.8 Å². The van der Waals surface area contributed by atoms with E-state index in [0.717, 1.165) is 11.0 Å². The Hall–Kier alpha value is -3.49. The van der Waals surface area contributed by atoms with Gasteiger partial charge in [-0.15, -0.1) is 0 Å². The van der Waals surface area contributed by atoms with Crippen LogP contribution in [0.2, 0.25) is 0 Å². The molecule has 0 radical (unpaired) electrons. The molecule has 2 fully saturated rings. The van der Waals surface area contributed by atoms with Gasteiger partial charge in [-0.05, 0) is 42.5 Å². The Bertz CT molecular complexity index is 1090. The number of ether oxygens (including phenoxy) is 1. The van der Waals surface area contributed by atoms with E-state index >= 15 is 0 Å². The minimum atomic E-state index is -0.888. The molecule has 4 amide bonds. The summed E-state index contributed by atoms with van der Waals surface area (Å²) in [4.78, 5) is 43.5. The molecule has 2 aliphatic heterocycles. The normalized spacial score (nSPS) is 20.3. The molecule has 2 aromatic carbocycles. The van der Waals surface area contributed by atoms with Crippen LogP contribution < -0.4 is 9.64 Å². The average Bonchev–Trinajstić information content (AvgIpc) is 2.88. The van der Waals surface area contributed by atoms with Crippen LogP contribution in [0, 0.1) is 17.0 Å². The lowest BCUT2D eigenvalue weighted by atomic mass is 9.92. The van der Waals surface area contributed by atoms with Crippen molar-refractivity contribution in [2.45, 2.75) is 19.9 Å². The molecule has 0 aliphatic carbocycles. The molecule has 0 N–H and O–H groups in total. The molecule has 0 aromatic heterocycles. The van der Waals surface area contributed by atoms with E-state index in [2.05, 4.69) is 0 Å². The van der Waals surface area contributed by atoms with E-state index in [9.17, 15) is 23.2 Å². The molecule has 0 saturated carbocycles. The molecule has 4 rings (SSSR count). The summed E-state index contributed by atoms with van der Waals surface area (Å²) in [7, 11) is 1.33. The van der Waals surface area contributed by atoms with Gasteiger partial charge in [0.25, 0.3) is 11.8 Å². The second-order valence-electron chi connectivity index (χ2n) is 8.78. The zero-order chi connectivity index (χ0) is 23.2. The fourth-order valence-corrected chi connectivity index (χ4v) is 4.26. The first-order valence-electron chi connectivity index (χ1n) is 10.1. The third-order valence-electron chi connectivity index (χ3n) is 5.70. The number of hydrogen-bond acceptors (Lipinski definition) is 4. The second kappa shape index (κ2) is 7.89. The lowest BCUT2D eigenvalue weighted by Crippen LogP contribution is -2.44. The first-order valence-corrected chi connectivity index (χ1v) is 10.1. The Kier molecular flexibility index (Phi) is 5.36. The van der Waals surface area contributed by atoms with Gasteiger partial charge in [-0.2, -0.15) is 0 Å². The van der Waals surface area contributed by atoms with Crippen LogP contribution >= 0.6 is 0 Å². The molecule has 2 saturated heterocycles.